The number of nitriles is 1. The van der Waals surface area contributed by atoms with Crippen LogP contribution in [0.5, 0.6) is 0 Å². The Morgan fingerprint density at radius 1 is 1.20 bits per heavy atom. The molecule has 2 aromatic carbocycles. The zero-order valence-corrected chi connectivity index (χ0v) is 17.9. The van der Waals surface area contributed by atoms with Crippen LogP contribution in [-0.4, -0.2) is 22.2 Å². The van der Waals surface area contributed by atoms with Crippen LogP contribution >= 0.6 is 0 Å². The molecule has 30 heavy (non-hydrogen) atoms. The number of carbonyl (C=O) groups is 1. The molecule has 0 fully saturated rings. The Morgan fingerprint density at radius 2 is 1.97 bits per heavy atom. The Labute approximate surface area is 178 Å². The molecule has 0 spiro atoms. The minimum absolute atomic E-state index is 0.0701. The number of rotatable bonds is 4. The summed E-state index contributed by atoms with van der Waals surface area (Å²) in [6.07, 6.45) is 2.03. The van der Waals surface area contributed by atoms with Gasteiger partial charge in [-0.1, -0.05) is 56.3 Å². The Hall–Kier alpha value is -3.33. The largest absolute Gasteiger partial charge is 0.332 e. The van der Waals surface area contributed by atoms with Crippen molar-refractivity contribution in [3.8, 4) is 5.97 Å². The van der Waals surface area contributed by atoms with Crippen molar-refractivity contribution in [1.29, 1.82) is 5.26 Å². The van der Waals surface area contributed by atoms with Gasteiger partial charge in [0.15, 0.2) is 0 Å². The first kappa shape index (κ1) is 21.4. The SMILES string of the molecule is CC.Cc1cccc(NC(=O)c2nc(Cc3ccccc3)n3c2CB(C#N)CC3)c1. The maximum Gasteiger partial charge on any atom is 0.276 e. The highest BCUT2D eigenvalue weighted by molar-refractivity contribution is 6.66. The van der Waals surface area contributed by atoms with E-state index in [0.29, 0.717) is 18.4 Å². The van der Waals surface area contributed by atoms with Gasteiger partial charge in [-0.2, -0.15) is 0 Å². The minimum Gasteiger partial charge on any atom is -0.332 e. The number of hydrogen-bond donors (Lipinski definition) is 1. The van der Waals surface area contributed by atoms with E-state index in [0.717, 1.165) is 41.2 Å². The van der Waals surface area contributed by atoms with Gasteiger partial charge in [-0.15, -0.1) is 0 Å². The molecule has 1 N–H and O–H groups in total. The Morgan fingerprint density at radius 3 is 2.67 bits per heavy atom. The lowest BCUT2D eigenvalue weighted by Crippen LogP contribution is -2.28. The van der Waals surface area contributed by atoms with Gasteiger partial charge in [0.05, 0.1) is 0 Å². The standard InChI is InChI=1S/C22H21BN4O.C2H6/c1-16-6-5-9-18(12-16)25-22(28)21-19-14-23(15-24)10-11-27(19)20(26-21)13-17-7-3-2-4-8-17;1-2/h2-9,12H,10-11,13-14H2,1H3,(H,25,28);1-2H3. The van der Waals surface area contributed by atoms with Gasteiger partial charge in [0, 0.05) is 30.3 Å². The molecule has 5 nitrogen and oxygen atoms in total. The van der Waals surface area contributed by atoms with Crippen LogP contribution in [0.1, 0.15) is 47.0 Å². The maximum absolute atomic E-state index is 13.0. The molecule has 1 amide bonds. The highest BCUT2D eigenvalue weighted by Crippen LogP contribution is 2.24. The van der Waals surface area contributed by atoms with E-state index in [1.54, 1.807) is 0 Å². The molecule has 1 aliphatic heterocycles. The normalized spacial score (nSPS) is 12.3. The van der Waals surface area contributed by atoms with Gasteiger partial charge in [-0.3, -0.25) is 4.79 Å². The number of nitrogens with zero attached hydrogens (tertiary/aromatic N) is 3. The molecule has 1 aliphatic rings. The summed E-state index contributed by atoms with van der Waals surface area (Å²) < 4.78 is 2.13. The molecule has 1 aromatic heterocycles. The molecular weight excluding hydrogens is 371 g/mol. The van der Waals surface area contributed by atoms with Crippen molar-refractivity contribution in [1.82, 2.24) is 9.55 Å². The Bertz CT molecular complexity index is 1050. The molecule has 152 valence electrons. The molecule has 0 unspecified atom stereocenters. The van der Waals surface area contributed by atoms with Crippen LogP contribution in [0, 0.1) is 18.2 Å². The zero-order valence-electron chi connectivity index (χ0n) is 17.9. The van der Waals surface area contributed by atoms with Gasteiger partial charge in [-0.25, -0.2) is 10.2 Å². The lowest BCUT2D eigenvalue weighted by atomic mass is 9.45. The number of aromatic nitrogens is 2. The third-order valence-electron chi connectivity index (χ3n) is 5.17. The molecule has 0 aliphatic carbocycles. The molecular formula is C24H27BN4O. The highest BCUT2D eigenvalue weighted by atomic mass is 16.1. The second-order valence-corrected chi connectivity index (χ2v) is 7.28. The van der Waals surface area contributed by atoms with E-state index in [9.17, 15) is 10.1 Å². The summed E-state index contributed by atoms with van der Waals surface area (Å²) in [7, 11) is 0. The summed E-state index contributed by atoms with van der Waals surface area (Å²) in [6.45, 7) is 6.64. The van der Waals surface area contributed by atoms with Gasteiger partial charge in [0.1, 0.15) is 11.5 Å². The first-order valence-electron chi connectivity index (χ1n) is 10.5. The van der Waals surface area contributed by atoms with Crippen LogP contribution in [0.25, 0.3) is 0 Å². The van der Waals surface area contributed by atoms with Gasteiger partial charge < -0.3 is 9.88 Å². The topological polar surface area (TPSA) is 70.7 Å². The van der Waals surface area contributed by atoms with Crippen LogP contribution in [0.2, 0.25) is 6.32 Å². The number of hydrogen-bond acceptors (Lipinski definition) is 3. The van der Waals surface area contributed by atoms with Gasteiger partial charge in [0.2, 0.25) is 0 Å². The van der Waals surface area contributed by atoms with Crippen LogP contribution in [0.15, 0.2) is 54.6 Å². The summed E-state index contributed by atoms with van der Waals surface area (Å²) in [4.78, 5) is 17.7. The van der Waals surface area contributed by atoms with E-state index < -0.39 is 0 Å². The van der Waals surface area contributed by atoms with E-state index in [4.69, 9.17) is 4.98 Å². The number of amides is 1. The van der Waals surface area contributed by atoms with E-state index in [2.05, 4.69) is 28.0 Å². The van der Waals surface area contributed by atoms with E-state index in [-0.39, 0.29) is 12.6 Å². The quantitative estimate of drug-likeness (QED) is 0.647. The molecule has 0 atom stereocenters. The third kappa shape index (κ3) is 4.80. The van der Waals surface area contributed by atoms with Crippen molar-refractivity contribution in [2.24, 2.45) is 0 Å². The van der Waals surface area contributed by atoms with Gasteiger partial charge in [-0.05, 0) is 42.8 Å². The predicted octanol–water partition coefficient (Wildman–Crippen LogP) is 4.71. The van der Waals surface area contributed by atoms with E-state index >= 15 is 0 Å². The van der Waals surface area contributed by atoms with Crippen LogP contribution in [0.3, 0.4) is 0 Å². The number of aryl methyl sites for hydroxylation is 1. The van der Waals surface area contributed by atoms with E-state index in [1.165, 1.54) is 0 Å². The summed E-state index contributed by atoms with van der Waals surface area (Å²) in [5, 5.41) is 12.3. The number of nitrogens with one attached hydrogen (secondary N) is 1. The van der Waals surface area contributed by atoms with Gasteiger partial charge in [0.25, 0.3) is 12.6 Å². The number of imidazole rings is 1. The number of carbonyl (C=O) groups excluding carboxylic acids is 1. The average molecular weight is 398 g/mol. The third-order valence-corrected chi connectivity index (χ3v) is 5.17. The highest BCUT2D eigenvalue weighted by Gasteiger charge is 2.30. The Balaban J connectivity index is 0.00000124. The fourth-order valence-corrected chi connectivity index (χ4v) is 3.75. The lowest BCUT2D eigenvalue weighted by molar-refractivity contribution is 0.102. The minimum atomic E-state index is -0.216. The molecule has 0 bridgehead atoms. The van der Waals surface area contributed by atoms with Crippen molar-refractivity contribution in [3.63, 3.8) is 0 Å². The Kier molecular flexibility index (Phi) is 7.08. The summed E-state index contributed by atoms with van der Waals surface area (Å²) in [6, 6.07) is 17.8. The van der Waals surface area contributed by atoms with Gasteiger partial charge >= 0.3 is 0 Å². The second kappa shape index (κ2) is 9.93. The predicted molar refractivity (Wildman–Crippen MR) is 122 cm³/mol. The van der Waals surface area contributed by atoms with Crippen molar-refractivity contribution in [3.05, 3.63) is 82.9 Å². The number of anilines is 1. The smallest absolute Gasteiger partial charge is 0.276 e. The van der Waals surface area contributed by atoms with Crippen molar-refractivity contribution in [2.45, 2.75) is 46.4 Å². The summed E-state index contributed by atoms with van der Waals surface area (Å²) >= 11 is 0. The summed E-state index contributed by atoms with van der Waals surface area (Å²) in [5.74, 6) is 3.02. The van der Waals surface area contributed by atoms with Crippen LogP contribution < -0.4 is 5.32 Å². The molecule has 4 rings (SSSR count). The lowest BCUT2D eigenvalue weighted by Gasteiger charge is -2.19. The average Bonchev–Trinajstić information content (AvgIpc) is 3.13. The fraction of sp³-hybridized carbons (Fsp3) is 0.292. The number of fused-ring (bicyclic) bond motifs is 1. The number of benzene rings is 2. The van der Waals surface area contributed by atoms with Crippen molar-refractivity contribution < 1.29 is 4.79 Å². The first-order valence-corrected chi connectivity index (χ1v) is 10.5. The molecule has 0 saturated carbocycles. The molecule has 0 saturated heterocycles. The molecule has 6 heteroatoms. The molecule has 3 aromatic rings. The molecule has 0 radical (unpaired) electrons. The fourth-order valence-electron chi connectivity index (χ4n) is 3.75. The maximum atomic E-state index is 13.0. The van der Waals surface area contributed by atoms with Crippen molar-refractivity contribution in [2.75, 3.05) is 5.32 Å². The van der Waals surface area contributed by atoms with Crippen LogP contribution in [-0.2, 0) is 19.3 Å². The zero-order chi connectivity index (χ0) is 21.5. The van der Waals surface area contributed by atoms with Crippen molar-refractivity contribution >= 4 is 18.3 Å². The summed E-state index contributed by atoms with van der Waals surface area (Å²) in [5.41, 5.74) is 4.30. The second-order valence-electron chi connectivity index (χ2n) is 7.28. The van der Waals surface area contributed by atoms with E-state index in [1.807, 2.05) is 63.2 Å². The molecule has 2 heterocycles. The van der Waals surface area contributed by atoms with Crippen LogP contribution in [0.4, 0.5) is 5.69 Å². The first-order chi connectivity index (χ1) is 14.6. The monoisotopic (exact) mass is 398 g/mol.